The van der Waals surface area contributed by atoms with E-state index >= 15 is 0 Å². The molecule has 0 fully saturated rings. The second kappa shape index (κ2) is 2.99. The standard InChI is InChI=1S/C8H7N3O3/c1-14-8-7(11(12)13)6-4-2-3-5-10(6)9-8/h2-5H,1H3. The van der Waals surface area contributed by atoms with E-state index in [9.17, 15) is 10.1 Å². The molecule has 0 radical (unpaired) electrons. The summed E-state index contributed by atoms with van der Waals surface area (Å²) < 4.78 is 6.23. The van der Waals surface area contributed by atoms with Crippen molar-refractivity contribution in [3.8, 4) is 5.88 Å². The van der Waals surface area contributed by atoms with Crippen molar-refractivity contribution >= 4 is 11.2 Å². The molecule has 6 nitrogen and oxygen atoms in total. The molecular formula is C8H7N3O3. The van der Waals surface area contributed by atoms with Gasteiger partial charge in [-0.05, 0) is 12.1 Å². The minimum atomic E-state index is -0.499. The Balaban J connectivity index is 2.81. The smallest absolute Gasteiger partial charge is 0.357 e. The molecule has 0 atom stereocenters. The summed E-state index contributed by atoms with van der Waals surface area (Å²) in [5.41, 5.74) is 0.322. The Kier molecular flexibility index (Phi) is 1.81. The maximum atomic E-state index is 10.7. The first-order valence-corrected chi connectivity index (χ1v) is 3.90. The number of hydrogen-bond acceptors (Lipinski definition) is 4. The van der Waals surface area contributed by atoms with Gasteiger partial charge in [0.05, 0.1) is 12.0 Å². The third-order valence-corrected chi connectivity index (χ3v) is 1.86. The van der Waals surface area contributed by atoms with E-state index in [0.29, 0.717) is 5.52 Å². The number of nitro groups is 1. The predicted molar refractivity (Wildman–Crippen MR) is 48.4 cm³/mol. The molecule has 0 aliphatic rings. The largest absolute Gasteiger partial charge is 0.475 e. The summed E-state index contributed by atoms with van der Waals surface area (Å²) in [5.74, 6) is 0.0289. The van der Waals surface area contributed by atoms with Crippen LogP contribution in [0.4, 0.5) is 5.69 Å². The molecule has 0 aromatic carbocycles. The van der Waals surface area contributed by atoms with Gasteiger partial charge >= 0.3 is 11.6 Å². The lowest BCUT2D eigenvalue weighted by atomic mass is 10.3. The first kappa shape index (κ1) is 8.49. The van der Waals surface area contributed by atoms with E-state index in [1.165, 1.54) is 11.6 Å². The van der Waals surface area contributed by atoms with Crippen LogP contribution in [0.1, 0.15) is 0 Å². The quantitative estimate of drug-likeness (QED) is 0.531. The van der Waals surface area contributed by atoms with E-state index in [4.69, 9.17) is 4.74 Å². The van der Waals surface area contributed by atoms with E-state index < -0.39 is 4.92 Å². The topological polar surface area (TPSA) is 69.7 Å². The van der Waals surface area contributed by atoms with Gasteiger partial charge in [0.25, 0.3) is 0 Å². The van der Waals surface area contributed by atoms with Crippen molar-refractivity contribution < 1.29 is 9.66 Å². The van der Waals surface area contributed by atoms with Gasteiger partial charge in [-0.15, -0.1) is 5.10 Å². The molecule has 0 amide bonds. The van der Waals surface area contributed by atoms with Gasteiger partial charge in [-0.3, -0.25) is 10.1 Å². The van der Waals surface area contributed by atoms with Gasteiger partial charge in [-0.1, -0.05) is 6.07 Å². The number of nitrogens with zero attached hydrogens (tertiary/aromatic N) is 3. The minimum absolute atomic E-state index is 0.0289. The van der Waals surface area contributed by atoms with Gasteiger partial charge in [-0.2, -0.15) is 0 Å². The zero-order valence-electron chi connectivity index (χ0n) is 7.38. The molecule has 2 aromatic heterocycles. The third kappa shape index (κ3) is 1.08. The van der Waals surface area contributed by atoms with Crippen molar-refractivity contribution in [2.45, 2.75) is 0 Å². The molecule has 0 bridgehead atoms. The summed E-state index contributed by atoms with van der Waals surface area (Å²) in [6.45, 7) is 0. The Labute approximate surface area is 78.9 Å². The van der Waals surface area contributed by atoms with Crippen molar-refractivity contribution in [1.82, 2.24) is 9.61 Å². The first-order chi connectivity index (χ1) is 6.74. The lowest BCUT2D eigenvalue weighted by molar-refractivity contribution is -0.384. The van der Waals surface area contributed by atoms with Gasteiger partial charge in [0.2, 0.25) is 0 Å². The lowest BCUT2D eigenvalue weighted by Crippen LogP contribution is -1.90. The highest BCUT2D eigenvalue weighted by Gasteiger charge is 2.23. The van der Waals surface area contributed by atoms with Crippen LogP contribution in [-0.2, 0) is 0 Å². The van der Waals surface area contributed by atoms with Crippen LogP contribution >= 0.6 is 0 Å². The first-order valence-electron chi connectivity index (χ1n) is 3.90. The molecule has 0 unspecified atom stereocenters. The zero-order chi connectivity index (χ0) is 10.1. The lowest BCUT2D eigenvalue weighted by Gasteiger charge is -1.90. The number of aromatic nitrogens is 2. The molecule has 0 N–H and O–H groups in total. The average molecular weight is 193 g/mol. The van der Waals surface area contributed by atoms with Gasteiger partial charge in [0, 0.05) is 6.20 Å². The molecule has 2 rings (SSSR count). The normalized spacial score (nSPS) is 10.4. The van der Waals surface area contributed by atoms with Crippen LogP contribution in [0, 0.1) is 10.1 Å². The molecule has 0 saturated carbocycles. The molecule has 6 heteroatoms. The number of pyridine rings is 1. The predicted octanol–water partition coefficient (Wildman–Crippen LogP) is 1.25. The van der Waals surface area contributed by atoms with Gasteiger partial charge < -0.3 is 4.74 Å². The fourth-order valence-corrected chi connectivity index (χ4v) is 1.27. The Bertz CT molecular complexity index is 492. The Morgan fingerprint density at radius 1 is 1.57 bits per heavy atom. The maximum absolute atomic E-state index is 10.7. The van der Waals surface area contributed by atoms with E-state index in [1.54, 1.807) is 24.4 Å². The van der Waals surface area contributed by atoms with Crippen molar-refractivity contribution in [3.63, 3.8) is 0 Å². The van der Waals surface area contributed by atoms with Crippen LogP contribution in [0.25, 0.3) is 5.52 Å². The summed E-state index contributed by atoms with van der Waals surface area (Å²) >= 11 is 0. The van der Waals surface area contributed by atoms with Crippen molar-refractivity contribution in [3.05, 3.63) is 34.5 Å². The average Bonchev–Trinajstić information content (AvgIpc) is 2.55. The molecule has 2 aromatic rings. The summed E-state index contributed by atoms with van der Waals surface area (Å²) in [5, 5.41) is 14.6. The highest BCUT2D eigenvalue weighted by atomic mass is 16.6. The Morgan fingerprint density at radius 2 is 2.36 bits per heavy atom. The van der Waals surface area contributed by atoms with E-state index in [-0.39, 0.29) is 11.6 Å². The zero-order valence-corrected chi connectivity index (χ0v) is 7.38. The van der Waals surface area contributed by atoms with E-state index in [0.717, 1.165) is 0 Å². The SMILES string of the molecule is COc1nn2ccccc2c1[N+](=O)[O-]. The highest BCUT2D eigenvalue weighted by molar-refractivity contribution is 5.69. The van der Waals surface area contributed by atoms with Crippen molar-refractivity contribution in [1.29, 1.82) is 0 Å². The van der Waals surface area contributed by atoms with Crippen LogP contribution in [0.2, 0.25) is 0 Å². The number of methoxy groups -OCH3 is 1. The monoisotopic (exact) mass is 193 g/mol. The van der Waals surface area contributed by atoms with Crippen molar-refractivity contribution in [2.75, 3.05) is 7.11 Å². The molecule has 0 spiro atoms. The molecular weight excluding hydrogens is 186 g/mol. The molecule has 14 heavy (non-hydrogen) atoms. The molecule has 0 aliphatic heterocycles. The van der Waals surface area contributed by atoms with Crippen LogP contribution in [-0.4, -0.2) is 21.6 Å². The second-order valence-corrected chi connectivity index (χ2v) is 2.65. The van der Waals surface area contributed by atoms with E-state index in [1.807, 2.05) is 0 Å². The molecule has 0 aliphatic carbocycles. The van der Waals surface area contributed by atoms with Gasteiger partial charge in [-0.25, -0.2) is 4.52 Å². The Morgan fingerprint density at radius 3 is 3.00 bits per heavy atom. The maximum Gasteiger partial charge on any atom is 0.357 e. The van der Waals surface area contributed by atoms with Crippen molar-refractivity contribution in [2.24, 2.45) is 0 Å². The number of fused-ring (bicyclic) bond motifs is 1. The summed E-state index contributed by atoms with van der Waals surface area (Å²) in [6.07, 6.45) is 1.63. The van der Waals surface area contributed by atoms with Gasteiger partial charge in [0.1, 0.15) is 5.52 Å². The number of ether oxygens (including phenoxy) is 1. The Hall–Kier alpha value is -2.11. The highest BCUT2D eigenvalue weighted by Crippen LogP contribution is 2.29. The molecule has 72 valence electrons. The third-order valence-electron chi connectivity index (χ3n) is 1.86. The number of rotatable bonds is 2. The number of hydrogen-bond donors (Lipinski definition) is 0. The minimum Gasteiger partial charge on any atom is -0.475 e. The van der Waals surface area contributed by atoms with Crippen LogP contribution < -0.4 is 4.74 Å². The fourth-order valence-electron chi connectivity index (χ4n) is 1.27. The molecule has 2 heterocycles. The fraction of sp³-hybridized carbons (Fsp3) is 0.125. The van der Waals surface area contributed by atoms with E-state index in [2.05, 4.69) is 5.10 Å². The van der Waals surface area contributed by atoms with Crippen LogP contribution in [0.15, 0.2) is 24.4 Å². The van der Waals surface area contributed by atoms with Gasteiger partial charge in [0.15, 0.2) is 0 Å². The molecule has 0 saturated heterocycles. The summed E-state index contributed by atoms with van der Waals surface area (Å²) in [7, 11) is 1.36. The second-order valence-electron chi connectivity index (χ2n) is 2.65. The van der Waals surface area contributed by atoms with Crippen LogP contribution in [0.5, 0.6) is 5.88 Å². The van der Waals surface area contributed by atoms with Crippen LogP contribution in [0.3, 0.4) is 0 Å². The summed E-state index contributed by atoms with van der Waals surface area (Å²) in [4.78, 5) is 10.2. The summed E-state index contributed by atoms with van der Waals surface area (Å²) in [6, 6.07) is 5.07.